The summed E-state index contributed by atoms with van der Waals surface area (Å²) in [6.07, 6.45) is 0. The van der Waals surface area contributed by atoms with Crippen molar-refractivity contribution in [3.63, 3.8) is 0 Å². The molecular formula is C9H13ClO3. The van der Waals surface area contributed by atoms with E-state index in [2.05, 4.69) is 0 Å². The summed E-state index contributed by atoms with van der Waals surface area (Å²) in [7, 11) is 1.41. The zero-order chi connectivity index (χ0) is 10.4. The van der Waals surface area contributed by atoms with Crippen LogP contribution < -0.4 is 4.74 Å². The molecule has 4 heteroatoms. The van der Waals surface area contributed by atoms with Crippen LogP contribution in [0.4, 0.5) is 0 Å². The molecule has 0 aliphatic carbocycles. The van der Waals surface area contributed by atoms with E-state index >= 15 is 0 Å². The Morgan fingerprint density at radius 3 is 2.23 bits per heavy atom. The van der Waals surface area contributed by atoms with Gasteiger partial charge in [-0.2, -0.15) is 0 Å². The second kappa shape index (κ2) is 5.54. The summed E-state index contributed by atoms with van der Waals surface area (Å²) in [5, 5.41) is 18.0. The molecule has 0 saturated heterocycles. The molecule has 74 valence electrons. The van der Waals surface area contributed by atoms with E-state index in [9.17, 15) is 0 Å². The molecule has 0 radical (unpaired) electrons. The van der Waals surface area contributed by atoms with Crippen LogP contribution in [-0.4, -0.2) is 17.3 Å². The lowest BCUT2D eigenvalue weighted by atomic mass is 10.3. The van der Waals surface area contributed by atoms with Gasteiger partial charge in [-0.25, -0.2) is 0 Å². The average Bonchev–Trinajstić information content (AvgIpc) is 2.18. The molecular weight excluding hydrogens is 192 g/mol. The molecule has 0 aliphatic rings. The number of hydrogen-bond donors (Lipinski definition) is 2. The molecule has 2 N–H and O–H groups in total. The third kappa shape index (κ3) is 2.70. The summed E-state index contributed by atoms with van der Waals surface area (Å²) >= 11 is 5.48. The maximum absolute atomic E-state index is 9.16. The van der Waals surface area contributed by atoms with E-state index < -0.39 is 0 Å². The van der Waals surface area contributed by atoms with E-state index in [1.165, 1.54) is 19.2 Å². The Hall–Kier alpha value is -1.09. The van der Waals surface area contributed by atoms with Gasteiger partial charge in [-0.3, -0.25) is 0 Å². The zero-order valence-electron chi connectivity index (χ0n) is 7.84. The molecule has 3 nitrogen and oxygen atoms in total. The lowest BCUT2D eigenvalue weighted by Gasteiger charge is -2.04. The van der Waals surface area contributed by atoms with Gasteiger partial charge in [0.2, 0.25) is 0 Å². The Morgan fingerprint density at radius 1 is 1.23 bits per heavy atom. The lowest BCUT2D eigenvalue weighted by molar-refractivity contribution is 0.370. The highest BCUT2D eigenvalue weighted by molar-refractivity contribution is 6.33. The molecule has 1 aromatic rings. The van der Waals surface area contributed by atoms with Crippen molar-refractivity contribution >= 4 is 11.6 Å². The molecule has 1 rings (SSSR count). The van der Waals surface area contributed by atoms with Crippen molar-refractivity contribution in [2.45, 2.75) is 13.8 Å². The van der Waals surface area contributed by atoms with E-state index in [0.717, 1.165) is 0 Å². The molecule has 0 aliphatic heterocycles. The van der Waals surface area contributed by atoms with Crippen molar-refractivity contribution < 1.29 is 14.9 Å². The van der Waals surface area contributed by atoms with E-state index in [-0.39, 0.29) is 22.3 Å². The van der Waals surface area contributed by atoms with Crippen LogP contribution in [0.1, 0.15) is 13.8 Å². The summed E-state index contributed by atoms with van der Waals surface area (Å²) in [6, 6.07) is 2.78. The van der Waals surface area contributed by atoms with Crippen molar-refractivity contribution in [2.24, 2.45) is 0 Å². The highest BCUT2D eigenvalue weighted by Gasteiger charge is 2.09. The summed E-state index contributed by atoms with van der Waals surface area (Å²) in [4.78, 5) is 0. The average molecular weight is 205 g/mol. The number of ether oxygens (including phenoxy) is 1. The number of halogens is 1. The van der Waals surface area contributed by atoms with Crippen LogP contribution in [0.25, 0.3) is 0 Å². The molecule has 0 amide bonds. The van der Waals surface area contributed by atoms with Gasteiger partial charge in [-0.1, -0.05) is 25.4 Å². The zero-order valence-corrected chi connectivity index (χ0v) is 8.59. The normalized spacial score (nSPS) is 8.62. The monoisotopic (exact) mass is 204 g/mol. The molecule has 0 heterocycles. The third-order valence-electron chi connectivity index (χ3n) is 1.28. The van der Waals surface area contributed by atoms with Crippen molar-refractivity contribution in [2.75, 3.05) is 7.11 Å². The van der Waals surface area contributed by atoms with Crippen LogP contribution in [-0.2, 0) is 0 Å². The molecule has 0 fully saturated rings. The van der Waals surface area contributed by atoms with E-state index in [1.807, 2.05) is 13.8 Å². The van der Waals surface area contributed by atoms with Crippen molar-refractivity contribution in [1.29, 1.82) is 0 Å². The number of hydrogen-bond acceptors (Lipinski definition) is 3. The summed E-state index contributed by atoms with van der Waals surface area (Å²) in [5.41, 5.74) is 0. The minimum Gasteiger partial charge on any atom is -0.506 e. The Kier molecular flexibility index (Phi) is 5.07. The Bertz CT molecular complexity index is 274. The van der Waals surface area contributed by atoms with Gasteiger partial charge in [0, 0.05) is 0 Å². The molecule has 0 bridgehead atoms. The maximum Gasteiger partial charge on any atom is 0.180 e. The van der Waals surface area contributed by atoms with Crippen LogP contribution >= 0.6 is 11.6 Å². The highest BCUT2D eigenvalue weighted by atomic mass is 35.5. The standard InChI is InChI=1S/C7H7ClO3.C2H6/c1-11-5-3-2-4(9)6(8)7(5)10;1-2/h2-3,9-10H,1H3;1-2H3. The van der Waals surface area contributed by atoms with Gasteiger partial charge < -0.3 is 14.9 Å². The molecule has 0 spiro atoms. The highest BCUT2D eigenvalue weighted by Crippen LogP contribution is 2.39. The first-order valence-electron chi connectivity index (χ1n) is 3.91. The Labute approximate surface area is 82.5 Å². The third-order valence-corrected chi connectivity index (χ3v) is 1.65. The molecule has 0 aromatic heterocycles. The number of phenolic OH excluding ortho intramolecular Hbond substituents is 2. The van der Waals surface area contributed by atoms with Gasteiger partial charge in [-0.15, -0.1) is 0 Å². The number of methoxy groups -OCH3 is 1. The fraction of sp³-hybridized carbons (Fsp3) is 0.333. The summed E-state index contributed by atoms with van der Waals surface area (Å²) in [6.45, 7) is 4.00. The van der Waals surface area contributed by atoms with Gasteiger partial charge in [0.1, 0.15) is 10.8 Å². The topological polar surface area (TPSA) is 49.7 Å². The fourth-order valence-corrected chi connectivity index (χ4v) is 0.857. The first-order valence-corrected chi connectivity index (χ1v) is 4.29. The number of phenols is 2. The molecule has 0 unspecified atom stereocenters. The molecule has 0 atom stereocenters. The van der Waals surface area contributed by atoms with Crippen LogP contribution in [0, 0.1) is 0 Å². The van der Waals surface area contributed by atoms with Crippen LogP contribution in [0.2, 0.25) is 5.02 Å². The number of rotatable bonds is 1. The van der Waals surface area contributed by atoms with Gasteiger partial charge in [0.05, 0.1) is 7.11 Å². The summed E-state index contributed by atoms with van der Waals surface area (Å²) in [5.74, 6) is -0.160. The van der Waals surface area contributed by atoms with Gasteiger partial charge in [0.25, 0.3) is 0 Å². The molecule has 0 saturated carbocycles. The van der Waals surface area contributed by atoms with Crippen LogP contribution in [0.5, 0.6) is 17.2 Å². The summed E-state index contributed by atoms with van der Waals surface area (Å²) < 4.78 is 4.74. The minimum atomic E-state index is -0.242. The first-order chi connectivity index (χ1) is 6.16. The van der Waals surface area contributed by atoms with Crippen molar-refractivity contribution in [1.82, 2.24) is 0 Å². The van der Waals surface area contributed by atoms with Gasteiger partial charge >= 0.3 is 0 Å². The van der Waals surface area contributed by atoms with E-state index in [4.69, 9.17) is 26.6 Å². The SMILES string of the molecule is CC.COc1ccc(O)c(Cl)c1O. The second-order valence-corrected chi connectivity index (χ2v) is 2.33. The van der Waals surface area contributed by atoms with E-state index in [0.29, 0.717) is 0 Å². The number of aromatic hydroxyl groups is 2. The smallest absolute Gasteiger partial charge is 0.180 e. The molecule has 13 heavy (non-hydrogen) atoms. The largest absolute Gasteiger partial charge is 0.506 e. The second-order valence-electron chi connectivity index (χ2n) is 1.95. The first kappa shape index (κ1) is 11.9. The van der Waals surface area contributed by atoms with Crippen LogP contribution in [0.3, 0.4) is 0 Å². The van der Waals surface area contributed by atoms with Crippen molar-refractivity contribution in [3.05, 3.63) is 17.2 Å². The predicted molar refractivity (Wildman–Crippen MR) is 52.7 cm³/mol. The molecule has 1 aromatic carbocycles. The predicted octanol–water partition coefficient (Wildman–Crippen LogP) is 2.79. The lowest BCUT2D eigenvalue weighted by Crippen LogP contribution is -1.83. The Morgan fingerprint density at radius 2 is 1.77 bits per heavy atom. The van der Waals surface area contributed by atoms with Crippen LogP contribution in [0.15, 0.2) is 12.1 Å². The van der Waals surface area contributed by atoms with Crippen molar-refractivity contribution in [3.8, 4) is 17.2 Å². The quantitative estimate of drug-likeness (QED) is 0.740. The van der Waals surface area contributed by atoms with E-state index in [1.54, 1.807) is 0 Å². The maximum atomic E-state index is 9.16. The minimum absolute atomic E-state index is 0.0932. The van der Waals surface area contributed by atoms with Gasteiger partial charge in [0.15, 0.2) is 11.5 Å². The Balaban J connectivity index is 0.000000671. The number of benzene rings is 1. The van der Waals surface area contributed by atoms with Gasteiger partial charge in [-0.05, 0) is 12.1 Å². The fourth-order valence-electron chi connectivity index (χ4n) is 0.701.